The van der Waals surface area contributed by atoms with E-state index in [2.05, 4.69) is 5.32 Å². The number of rotatable bonds is 2. The first kappa shape index (κ1) is 16.7. The summed E-state index contributed by atoms with van der Waals surface area (Å²) in [7, 11) is 0. The molecule has 0 spiro atoms. The predicted octanol–water partition coefficient (Wildman–Crippen LogP) is 3.64. The Labute approximate surface area is 131 Å². The smallest absolute Gasteiger partial charge is 0.417 e. The van der Waals surface area contributed by atoms with Gasteiger partial charge in [0, 0.05) is 11.8 Å². The maximum absolute atomic E-state index is 12.8. The molecule has 122 valence electrons. The number of carboxylic acid groups (broad SMARTS) is 1. The Hall–Kier alpha value is -2.68. The molecule has 1 heterocycles. The molecule has 23 heavy (non-hydrogen) atoms. The third-order valence-corrected chi connectivity index (χ3v) is 3.10. The number of alkyl halides is 3. The fourth-order valence-corrected chi connectivity index (χ4v) is 2.02. The van der Waals surface area contributed by atoms with E-state index in [9.17, 15) is 27.9 Å². The van der Waals surface area contributed by atoms with Crippen LogP contribution in [-0.2, 0) is 6.18 Å². The fourth-order valence-electron chi connectivity index (χ4n) is 1.80. The van der Waals surface area contributed by atoms with Gasteiger partial charge >= 0.3 is 12.3 Å². The minimum Gasteiger partial charge on any atom is -0.506 e. The van der Waals surface area contributed by atoms with Crippen LogP contribution in [0.4, 0.5) is 23.7 Å². The monoisotopic (exact) mass is 348 g/mol. The predicted molar refractivity (Wildman–Crippen MR) is 73.9 cm³/mol. The summed E-state index contributed by atoms with van der Waals surface area (Å²) in [4.78, 5) is 22.9. The second-order valence-corrected chi connectivity index (χ2v) is 4.79. The molecule has 0 aliphatic heterocycles. The van der Waals surface area contributed by atoms with Crippen LogP contribution in [0.25, 0.3) is 0 Å². The Morgan fingerprint density at radius 3 is 2.43 bits per heavy atom. The lowest BCUT2D eigenvalue weighted by Crippen LogP contribution is -2.20. The molecule has 0 unspecified atom stereocenters. The Balaban J connectivity index is 2.33. The Kier molecular flexibility index (Phi) is 4.24. The molecule has 0 radical (unpaired) electrons. The van der Waals surface area contributed by atoms with E-state index < -0.39 is 40.2 Å². The number of benzene rings is 1. The van der Waals surface area contributed by atoms with Crippen molar-refractivity contribution >= 4 is 29.3 Å². The zero-order valence-corrected chi connectivity index (χ0v) is 11.8. The number of carbonyl (C=O) groups excluding carboxylic acids is 1. The largest absolute Gasteiger partial charge is 0.506 e. The number of carbonyl (C=O) groups is 2. The van der Waals surface area contributed by atoms with Gasteiger partial charge in [0.1, 0.15) is 11.4 Å². The number of aromatic nitrogens is 1. The van der Waals surface area contributed by atoms with Crippen molar-refractivity contribution in [1.29, 1.82) is 0 Å². The van der Waals surface area contributed by atoms with E-state index in [0.717, 1.165) is 24.4 Å². The van der Waals surface area contributed by atoms with Crippen LogP contribution in [0.15, 0.2) is 30.5 Å². The second kappa shape index (κ2) is 5.84. The molecule has 0 aliphatic carbocycles. The normalized spacial score (nSPS) is 11.3. The Bertz CT molecular complexity index is 786. The molecule has 10 heteroatoms. The number of halogens is 4. The molecule has 0 atom stereocenters. The molecule has 6 nitrogen and oxygen atoms in total. The van der Waals surface area contributed by atoms with Gasteiger partial charge < -0.3 is 15.5 Å². The van der Waals surface area contributed by atoms with Crippen molar-refractivity contribution in [2.24, 2.45) is 0 Å². The number of amides is 1. The zero-order chi connectivity index (χ0) is 17.4. The van der Waals surface area contributed by atoms with Crippen molar-refractivity contribution in [2.75, 3.05) is 5.32 Å². The van der Waals surface area contributed by atoms with Crippen molar-refractivity contribution in [2.45, 2.75) is 6.18 Å². The number of nitrogens with zero attached hydrogens (tertiary/aromatic N) is 1. The van der Waals surface area contributed by atoms with Crippen LogP contribution in [0.2, 0.25) is 5.02 Å². The lowest BCUT2D eigenvalue weighted by molar-refractivity contribution is -0.137. The summed E-state index contributed by atoms with van der Waals surface area (Å²) in [5.41, 5.74) is -1.84. The van der Waals surface area contributed by atoms with Gasteiger partial charge in [-0.3, -0.25) is 4.79 Å². The maximum Gasteiger partial charge on any atom is 0.417 e. The third-order valence-electron chi connectivity index (χ3n) is 2.77. The minimum atomic E-state index is -4.71. The van der Waals surface area contributed by atoms with Crippen LogP contribution in [-0.4, -0.2) is 26.8 Å². The molecular weight excluding hydrogens is 341 g/mol. The molecule has 1 aromatic carbocycles. The molecular formula is C13H8ClF3N2O4. The molecule has 0 aliphatic rings. The summed E-state index contributed by atoms with van der Waals surface area (Å²) in [5, 5.41) is 19.7. The third kappa shape index (κ3) is 3.57. The van der Waals surface area contributed by atoms with E-state index >= 15 is 0 Å². The van der Waals surface area contributed by atoms with Crippen molar-refractivity contribution in [3.05, 3.63) is 46.7 Å². The second-order valence-electron chi connectivity index (χ2n) is 4.38. The molecule has 3 N–H and O–H groups in total. The first-order chi connectivity index (χ1) is 10.6. The molecule has 1 amide bonds. The minimum absolute atomic E-state index is 0.232. The summed E-state index contributed by atoms with van der Waals surface area (Å²) < 4.78 is 38.7. The number of aromatic hydroxyl groups is 1. The number of hydrogen-bond acceptors (Lipinski definition) is 3. The van der Waals surface area contributed by atoms with Crippen molar-refractivity contribution < 1.29 is 33.0 Å². The van der Waals surface area contributed by atoms with E-state index in [1.807, 2.05) is 0 Å². The quantitative estimate of drug-likeness (QED) is 0.772. The molecule has 0 saturated carbocycles. The van der Waals surface area contributed by atoms with Gasteiger partial charge in [-0.2, -0.15) is 13.2 Å². The highest BCUT2D eigenvalue weighted by Gasteiger charge is 2.33. The number of nitrogens with one attached hydrogen (secondary N) is 1. The van der Waals surface area contributed by atoms with Crippen molar-refractivity contribution in [1.82, 2.24) is 4.57 Å². The summed E-state index contributed by atoms with van der Waals surface area (Å²) in [5.74, 6) is -1.49. The molecule has 0 saturated heterocycles. The van der Waals surface area contributed by atoms with Crippen molar-refractivity contribution in [3.8, 4) is 5.75 Å². The number of anilines is 1. The fraction of sp³-hybridized carbons (Fsp3) is 0.0769. The van der Waals surface area contributed by atoms with E-state index in [4.69, 9.17) is 16.7 Å². The van der Waals surface area contributed by atoms with Gasteiger partial charge in [-0.05, 0) is 18.2 Å². The average Bonchev–Trinajstić information content (AvgIpc) is 2.82. The van der Waals surface area contributed by atoms with E-state index in [1.54, 1.807) is 0 Å². The van der Waals surface area contributed by atoms with Gasteiger partial charge in [0.15, 0.2) is 0 Å². The highest BCUT2D eigenvalue weighted by atomic mass is 35.5. The van der Waals surface area contributed by atoms with Crippen LogP contribution in [0, 0.1) is 0 Å². The summed E-state index contributed by atoms with van der Waals surface area (Å²) >= 11 is 5.46. The zero-order valence-electron chi connectivity index (χ0n) is 11.1. The van der Waals surface area contributed by atoms with Crippen LogP contribution >= 0.6 is 11.6 Å². The summed E-state index contributed by atoms with van der Waals surface area (Å²) in [6.07, 6.45) is -5.47. The Morgan fingerprint density at radius 1 is 1.22 bits per heavy atom. The SMILES string of the molecule is O=C(Nc1ccc(Cl)c(C(F)(F)F)c1)c1cc(O)cn1C(=O)O. The van der Waals surface area contributed by atoms with Gasteiger partial charge in [0.05, 0.1) is 16.8 Å². The van der Waals surface area contributed by atoms with Crippen LogP contribution in [0.1, 0.15) is 16.1 Å². The highest BCUT2D eigenvalue weighted by Crippen LogP contribution is 2.36. The average molecular weight is 349 g/mol. The van der Waals surface area contributed by atoms with E-state index in [0.29, 0.717) is 10.6 Å². The van der Waals surface area contributed by atoms with E-state index in [-0.39, 0.29) is 5.69 Å². The topological polar surface area (TPSA) is 91.6 Å². The Morgan fingerprint density at radius 2 is 1.87 bits per heavy atom. The van der Waals surface area contributed by atoms with Gasteiger partial charge in [-0.25, -0.2) is 9.36 Å². The lowest BCUT2D eigenvalue weighted by Gasteiger charge is -2.12. The first-order valence-electron chi connectivity index (χ1n) is 5.92. The molecule has 2 aromatic rings. The first-order valence-corrected chi connectivity index (χ1v) is 6.30. The highest BCUT2D eigenvalue weighted by molar-refractivity contribution is 6.31. The van der Waals surface area contributed by atoms with Crippen LogP contribution in [0.3, 0.4) is 0 Å². The molecule has 0 bridgehead atoms. The van der Waals surface area contributed by atoms with Crippen molar-refractivity contribution in [3.63, 3.8) is 0 Å². The molecule has 0 fully saturated rings. The van der Waals surface area contributed by atoms with Crippen LogP contribution in [0.5, 0.6) is 5.75 Å². The number of hydrogen-bond donors (Lipinski definition) is 3. The van der Waals surface area contributed by atoms with Gasteiger partial charge in [0.25, 0.3) is 5.91 Å². The van der Waals surface area contributed by atoms with Crippen LogP contribution < -0.4 is 5.32 Å². The van der Waals surface area contributed by atoms with Gasteiger partial charge in [-0.15, -0.1) is 0 Å². The molecule has 2 rings (SSSR count). The van der Waals surface area contributed by atoms with E-state index in [1.165, 1.54) is 0 Å². The summed E-state index contributed by atoms with van der Waals surface area (Å²) in [6, 6.07) is 3.56. The molecule has 1 aromatic heterocycles. The lowest BCUT2D eigenvalue weighted by atomic mass is 10.2. The summed E-state index contributed by atoms with van der Waals surface area (Å²) in [6.45, 7) is 0. The maximum atomic E-state index is 12.8. The van der Waals surface area contributed by atoms with Gasteiger partial charge in [-0.1, -0.05) is 11.6 Å². The van der Waals surface area contributed by atoms with Gasteiger partial charge in [0.2, 0.25) is 0 Å². The standard InChI is InChI=1S/C13H8ClF3N2O4/c14-9-2-1-6(3-8(9)13(15,16)17)18-11(21)10-4-7(20)5-19(10)12(22)23/h1-5,20H,(H,18,21)(H,22,23).